The summed E-state index contributed by atoms with van der Waals surface area (Å²) >= 11 is 5.43. The molecule has 1 unspecified atom stereocenters. The number of hydrogen-bond acceptors (Lipinski definition) is 11. The Hall–Kier alpha value is -6.34. The van der Waals surface area contributed by atoms with Crippen LogP contribution in [0.15, 0.2) is 170 Å². The van der Waals surface area contributed by atoms with Crippen molar-refractivity contribution in [3.8, 4) is 11.5 Å². The van der Waals surface area contributed by atoms with Crippen molar-refractivity contribution in [3.63, 3.8) is 0 Å². The summed E-state index contributed by atoms with van der Waals surface area (Å²) in [4.78, 5) is 23.0. The number of aliphatic hydroxyl groups excluding tert-OH is 1. The summed E-state index contributed by atoms with van der Waals surface area (Å²) in [6, 6.07) is 51.4. The molecule has 0 fully saturated rings. The normalized spacial score (nSPS) is 11.2. The summed E-state index contributed by atoms with van der Waals surface area (Å²) in [7, 11) is -4.23. The van der Waals surface area contributed by atoms with Gasteiger partial charge in [-0.3, -0.25) is 18.6 Å². The molecular formula is C48H49N2O10PS. The first-order valence-electron chi connectivity index (χ1n) is 19.7. The Labute approximate surface area is 367 Å². The van der Waals surface area contributed by atoms with Gasteiger partial charge in [0.1, 0.15) is 25.9 Å². The van der Waals surface area contributed by atoms with E-state index in [4.69, 9.17) is 35.3 Å². The van der Waals surface area contributed by atoms with Crippen molar-refractivity contribution in [1.29, 1.82) is 0 Å². The van der Waals surface area contributed by atoms with E-state index in [1.54, 1.807) is 18.2 Å². The lowest BCUT2D eigenvalue weighted by Crippen LogP contribution is -2.48. The lowest BCUT2D eigenvalue weighted by atomic mass is 10.0. The van der Waals surface area contributed by atoms with E-state index >= 15 is 0 Å². The number of rotatable bonds is 22. The van der Waals surface area contributed by atoms with Crippen LogP contribution in [0.1, 0.15) is 33.4 Å². The second-order valence-corrected chi connectivity index (χ2v) is 15.4. The van der Waals surface area contributed by atoms with E-state index < -0.39 is 13.9 Å². The van der Waals surface area contributed by atoms with Gasteiger partial charge in [-0.15, -0.1) is 0 Å². The van der Waals surface area contributed by atoms with Crippen LogP contribution >= 0.6 is 20.0 Å². The number of phosphoric ester groups is 1. The maximum Gasteiger partial charge on any atom is 0.530 e. The van der Waals surface area contributed by atoms with Crippen LogP contribution in [0, 0.1) is 0 Å². The van der Waals surface area contributed by atoms with Crippen LogP contribution in [-0.2, 0) is 72.1 Å². The minimum absolute atomic E-state index is 0.0201. The molecule has 322 valence electrons. The number of ether oxygens (including phenoxy) is 3. The van der Waals surface area contributed by atoms with Gasteiger partial charge < -0.3 is 34.5 Å². The van der Waals surface area contributed by atoms with Crippen molar-refractivity contribution in [2.75, 3.05) is 13.2 Å². The SMILES string of the molecule is O=C(NCCO)C(Cc1ccc(OP(=O)(OCc2ccccc2)OCc2ccccc2)c(OCc2ccccc2)c1)NC(=S)OCc1ccccc1.O=COCc1ccccc1. The van der Waals surface area contributed by atoms with Crippen LogP contribution in [-0.4, -0.2) is 41.9 Å². The number of hydrogen-bond donors (Lipinski definition) is 3. The van der Waals surface area contributed by atoms with E-state index in [0.29, 0.717) is 18.6 Å². The largest absolute Gasteiger partial charge is 0.530 e. The molecule has 14 heteroatoms. The van der Waals surface area contributed by atoms with Crippen LogP contribution < -0.4 is 19.9 Å². The molecule has 0 saturated carbocycles. The number of carbonyl (C=O) groups excluding carboxylic acids is 2. The molecule has 0 aromatic heterocycles. The third kappa shape index (κ3) is 17.0. The predicted molar refractivity (Wildman–Crippen MR) is 240 cm³/mol. The van der Waals surface area contributed by atoms with E-state index in [1.807, 2.05) is 152 Å². The molecular weight excluding hydrogens is 828 g/mol. The average molecular weight is 877 g/mol. The number of amides is 1. The van der Waals surface area contributed by atoms with Gasteiger partial charge in [-0.05, 0) is 57.7 Å². The first-order valence-corrected chi connectivity index (χ1v) is 21.6. The average Bonchev–Trinajstić information content (AvgIpc) is 3.32. The number of thiocarbonyl (C=S) groups is 1. The predicted octanol–water partition coefficient (Wildman–Crippen LogP) is 8.66. The van der Waals surface area contributed by atoms with Gasteiger partial charge in [-0.2, -0.15) is 0 Å². The monoisotopic (exact) mass is 876 g/mol. The summed E-state index contributed by atoms with van der Waals surface area (Å²) in [5.41, 5.74) is 5.06. The fourth-order valence-corrected chi connectivity index (χ4v) is 7.02. The van der Waals surface area contributed by atoms with Crippen LogP contribution in [0.5, 0.6) is 11.5 Å². The molecule has 6 rings (SSSR count). The van der Waals surface area contributed by atoms with Gasteiger partial charge in [0.2, 0.25) is 5.91 Å². The molecule has 12 nitrogen and oxygen atoms in total. The summed E-state index contributed by atoms with van der Waals surface area (Å²) in [5, 5.41) is 15.1. The zero-order valence-corrected chi connectivity index (χ0v) is 35.7. The number of phosphoric acid groups is 1. The topological polar surface area (TPSA) is 151 Å². The first kappa shape index (κ1) is 46.7. The zero-order valence-electron chi connectivity index (χ0n) is 34.0. The fourth-order valence-electron chi connectivity index (χ4n) is 5.63. The van der Waals surface area contributed by atoms with E-state index in [0.717, 1.165) is 27.8 Å². The molecule has 0 saturated heterocycles. The minimum Gasteiger partial charge on any atom is -0.485 e. The molecule has 1 atom stereocenters. The Balaban J connectivity index is 0.000000637. The number of aliphatic hydroxyl groups is 1. The molecule has 0 aliphatic carbocycles. The van der Waals surface area contributed by atoms with Crippen LogP contribution in [0.2, 0.25) is 0 Å². The first-order chi connectivity index (χ1) is 30.3. The quantitative estimate of drug-likeness (QED) is 0.0340. The van der Waals surface area contributed by atoms with E-state index in [1.165, 1.54) is 0 Å². The number of nitrogens with one attached hydrogen (secondary N) is 2. The molecule has 0 bridgehead atoms. The maximum absolute atomic E-state index is 14.3. The summed E-state index contributed by atoms with van der Waals surface area (Å²) < 4.78 is 48.6. The smallest absolute Gasteiger partial charge is 0.485 e. The van der Waals surface area contributed by atoms with E-state index in [-0.39, 0.29) is 68.6 Å². The minimum atomic E-state index is -4.23. The Bertz CT molecular complexity index is 2230. The van der Waals surface area contributed by atoms with Crippen LogP contribution in [0.4, 0.5) is 0 Å². The molecule has 62 heavy (non-hydrogen) atoms. The Morgan fingerprint density at radius 3 is 1.56 bits per heavy atom. The highest BCUT2D eigenvalue weighted by atomic mass is 32.1. The standard InChI is InChI=1S/C40H41N2O8PS.C8H8O2/c43-24-23-41-39(44)36(42-40(52)47-28-32-15-7-2-8-16-32)25-35-21-22-37(38(26-35)46-27-31-13-5-1-6-14-31)50-51(45,48-29-33-17-9-3-10-18-33)49-30-34-19-11-4-12-20-34;9-7-10-6-8-4-2-1-3-5-8/h1-22,26,36,43H,23-25,27-30H2,(H,41,44)(H,42,52);1-5,7H,6H2. The fraction of sp³-hybridized carbons (Fsp3) is 0.188. The van der Waals surface area contributed by atoms with Gasteiger partial charge in [0.15, 0.2) is 11.5 Å². The van der Waals surface area contributed by atoms with Crippen molar-refractivity contribution >= 4 is 37.6 Å². The molecule has 0 aliphatic heterocycles. The summed E-state index contributed by atoms with van der Waals surface area (Å²) in [6.07, 6.45) is 0.154. The highest BCUT2D eigenvalue weighted by molar-refractivity contribution is 7.80. The zero-order chi connectivity index (χ0) is 43.7. The molecule has 3 N–H and O–H groups in total. The summed E-state index contributed by atoms with van der Waals surface area (Å²) in [5.74, 6) is -0.00867. The van der Waals surface area contributed by atoms with Crippen molar-refractivity contribution in [2.24, 2.45) is 0 Å². The van der Waals surface area contributed by atoms with Gasteiger partial charge in [0, 0.05) is 13.0 Å². The summed E-state index contributed by atoms with van der Waals surface area (Å²) in [6.45, 7) is 1.01. The molecule has 0 radical (unpaired) electrons. The second-order valence-electron chi connectivity index (χ2n) is 13.5. The third-order valence-electron chi connectivity index (χ3n) is 8.75. The molecule has 0 spiro atoms. The van der Waals surface area contributed by atoms with E-state index in [9.17, 15) is 19.3 Å². The Morgan fingerprint density at radius 1 is 0.613 bits per heavy atom. The van der Waals surface area contributed by atoms with Crippen LogP contribution in [0.25, 0.3) is 0 Å². The molecule has 6 aromatic carbocycles. The van der Waals surface area contributed by atoms with Crippen molar-refractivity contribution in [2.45, 2.75) is 45.5 Å². The van der Waals surface area contributed by atoms with Crippen molar-refractivity contribution in [1.82, 2.24) is 10.6 Å². The highest BCUT2D eigenvalue weighted by Crippen LogP contribution is 2.53. The molecule has 1 amide bonds. The van der Waals surface area contributed by atoms with E-state index in [2.05, 4.69) is 15.4 Å². The third-order valence-corrected chi connectivity index (χ3v) is 10.3. The van der Waals surface area contributed by atoms with Gasteiger partial charge in [0.25, 0.3) is 11.6 Å². The van der Waals surface area contributed by atoms with Gasteiger partial charge in [0.05, 0.1) is 19.8 Å². The lowest BCUT2D eigenvalue weighted by Gasteiger charge is -2.22. The number of benzene rings is 6. The van der Waals surface area contributed by atoms with Crippen molar-refractivity contribution < 1.29 is 47.0 Å². The van der Waals surface area contributed by atoms with Gasteiger partial charge in [-0.25, -0.2) is 4.57 Å². The maximum atomic E-state index is 14.3. The van der Waals surface area contributed by atoms with Gasteiger partial charge >= 0.3 is 7.82 Å². The molecule has 6 aromatic rings. The second kappa shape index (κ2) is 26.1. The highest BCUT2D eigenvalue weighted by Gasteiger charge is 2.31. The van der Waals surface area contributed by atoms with Crippen molar-refractivity contribution in [3.05, 3.63) is 203 Å². The Kier molecular flexibility index (Phi) is 19.7. The molecule has 0 aliphatic rings. The van der Waals surface area contributed by atoms with Gasteiger partial charge in [-0.1, -0.05) is 158 Å². The number of carbonyl (C=O) groups is 2. The van der Waals surface area contributed by atoms with Crippen LogP contribution in [0.3, 0.4) is 0 Å². The molecule has 0 heterocycles. The lowest BCUT2D eigenvalue weighted by molar-refractivity contribution is -0.129. The Morgan fingerprint density at radius 2 is 1.08 bits per heavy atom.